The van der Waals surface area contributed by atoms with Crippen LogP contribution >= 0.6 is 11.3 Å². The first-order chi connectivity index (χ1) is 7.56. The SMILES string of the molecule is CNCCN(C)C(=O)c1nc(C(=O)O)cs1. The zero-order valence-electron chi connectivity index (χ0n) is 9.06. The summed E-state index contributed by atoms with van der Waals surface area (Å²) in [5, 5.41) is 13.2. The zero-order chi connectivity index (χ0) is 12.1. The summed E-state index contributed by atoms with van der Waals surface area (Å²) in [5.74, 6) is -1.37. The van der Waals surface area contributed by atoms with Crippen LogP contribution in [0.4, 0.5) is 0 Å². The van der Waals surface area contributed by atoms with Crippen molar-refractivity contribution in [2.45, 2.75) is 0 Å². The maximum atomic E-state index is 11.7. The molecule has 2 N–H and O–H groups in total. The first kappa shape index (κ1) is 12.6. The molecule has 0 aliphatic rings. The third-order valence-electron chi connectivity index (χ3n) is 1.95. The third kappa shape index (κ3) is 3.01. The molecule has 0 aromatic carbocycles. The Morgan fingerprint density at radius 2 is 2.31 bits per heavy atom. The van der Waals surface area contributed by atoms with Crippen LogP contribution in [0, 0.1) is 0 Å². The van der Waals surface area contributed by atoms with Gasteiger partial charge in [-0.05, 0) is 7.05 Å². The highest BCUT2D eigenvalue weighted by atomic mass is 32.1. The van der Waals surface area contributed by atoms with Crippen molar-refractivity contribution in [2.75, 3.05) is 27.2 Å². The number of nitrogens with one attached hydrogen (secondary N) is 1. The van der Waals surface area contributed by atoms with Gasteiger partial charge in [0.05, 0.1) is 0 Å². The second-order valence-corrected chi connectivity index (χ2v) is 4.03. The maximum Gasteiger partial charge on any atom is 0.355 e. The van der Waals surface area contributed by atoms with Gasteiger partial charge in [-0.2, -0.15) is 0 Å². The smallest absolute Gasteiger partial charge is 0.355 e. The number of aromatic nitrogens is 1. The first-order valence-corrected chi connectivity index (χ1v) is 5.53. The monoisotopic (exact) mass is 243 g/mol. The van der Waals surface area contributed by atoms with Crippen molar-refractivity contribution < 1.29 is 14.7 Å². The van der Waals surface area contributed by atoms with Crippen molar-refractivity contribution >= 4 is 23.2 Å². The van der Waals surface area contributed by atoms with Crippen molar-refractivity contribution in [1.82, 2.24) is 15.2 Å². The average Bonchev–Trinajstić information content (AvgIpc) is 2.74. The van der Waals surface area contributed by atoms with E-state index in [0.717, 1.165) is 11.3 Å². The molecular weight excluding hydrogens is 230 g/mol. The van der Waals surface area contributed by atoms with Gasteiger partial charge < -0.3 is 15.3 Å². The summed E-state index contributed by atoms with van der Waals surface area (Å²) in [6, 6.07) is 0. The Kier molecular flexibility index (Phi) is 4.39. The molecule has 1 rings (SSSR count). The van der Waals surface area contributed by atoms with Crippen LogP contribution in [0.5, 0.6) is 0 Å². The van der Waals surface area contributed by atoms with Gasteiger partial charge in [-0.1, -0.05) is 0 Å². The summed E-state index contributed by atoms with van der Waals surface area (Å²) in [6.45, 7) is 1.23. The molecule has 6 nitrogen and oxygen atoms in total. The fourth-order valence-corrected chi connectivity index (χ4v) is 1.80. The lowest BCUT2D eigenvalue weighted by Gasteiger charge is -2.14. The minimum absolute atomic E-state index is 0.0876. The van der Waals surface area contributed by atoms with E-state index in [0.29, 0.717) is 13.1 Å². The Balaban J connectivity index is 2.68. The van der Waals surface area contributed by atoms with Gasteiger partial charge in [-0.25, -0.2) is 9.78 Å². The number of carbonyl (C=O) groups excluding carboxylic acids is 1. The summed E-state index contributed by atoms with van der Waals surface area (Å²) < 4.78 is 0. The summed E-state index contributed by atoms with van der Waals surface area (Å²) in [6.07, 6.45) is 0. The fraction of sp³-hybridized carbons (Fsp3) is 0.444. The molecule has 7 heteroatoms. The van der Waals surface area contributed by atoms with Gasteiger partial charge in [0, 0.05) is 25.5 Å². The molecule has 1 amide bonds. The lowest BCUT2D eigenvalue weighted by molar-refractivity contribution is 0.0691. The number of amides is 1. The van der Waals surface area contributed by atoms with Gasteiger partial charge in [0.15, 0.2) is 10.7 Å². The summed E-state index contributed by atoms with van der Waals surface area (Å²) in [4.78, 5) is 27.6. The van der Waals surface area contributed by atoms with Gasteiger partial charge in [-0.3, -0.25) is 4.79 Å². The van der Waals surface area contributed by atoms with Crippen LogP contribution in [-0.2, 0) is 0 Å². The molecule has 0 saturated carbocycles. The number of carboxylic acid groups (broad SMARTS) is 1. The van der Waals surface area contributed by atoms with Crippen LogP contribution < -0.4 is 5.32 Å². The van der Waals surface area contributed by atoms with Gasteiger partial charge in [0.2, 0.25) is 0 Å². The van der Waals surface area contributed by atoms with E-state index in [-0.39, 0.29) is 16.6 Å². The summed E-state index contributed by atoms with van der Waals surface area (Å²) >= 11 is 1.04. The number of aromatic carboxylic acids is 1. The normalized spacial score (nSPS) is 10.1. The van der Waals surface area contributed by atoms with E-state index in [9.17, 15) is 9.59 Å². The van der Waals surface area contributed by atoms with Crippen molar-refractivity contribution in [2.24, 2.45) is 0 Å². The molecule has 0 atom stereocenters. The highest BCUT2D eigenvalue weighted by molar-refractivity contribution is 7.11. The number of likely N-dealkylation sites (N-methyl/N-ethyl adjacent to an activating group) is 2. The first-order valence-electron chi connectivity index (χ1n) is 4.65. The zero-order valence-corrected chi connectivity index (χ0v) is 9.87. The van der Waals surface area contributed by atoms with Gasteiger partial charge >= 0.3 is 5.97 Å². The minimum atomic E-state index is -1.12. The molecule has 0 spiro atoms. The predicted molar refractivity (Wildman–Crippen MR) is 60.0 cm³/mol. The highest BCUT2D eigenvalue weighted by Crippen LogP contribution is 2.11. The standard InChI is InChI=1S/C9H13N3O3S/c1-10-3-4-12(2)8(13)7-11-6(5-16-7)9(14)15/h5,10H,3-4H2,1-2H3,(H,14,15). The molecule has 1 heterocycles. The minimum Gasteiger partial charge on any atom is -0.476 e. The van der Waals surface area contributed by atoms with Gasteiger partial charge in [0.25, 0.3) is 5.91 Å². The molecule has 0 aliphatic carbocycles. The van der Waals surface area contributed by atoms with Gasteiger partial charge in [-0.15, -0.1) is 11.3 Å². The molecule has 1 aromatic heterocycles. The number of hydrogen-bond donors (Lipinski definition) is 2. The Bertz CT molecular complexity index is 391. The van der Waals surface area contributed by atoms with E-state index < -0.39 is 5.97 Å². The molecular formula is C9H13N3O3S. The molecule has 0 radical (unpaired) electrons. The van der Waals surface area contributed by atoms with Gasteiger partial charge in [0.1, 0.15) is 0 Å². The van der Waals surface area contributed by atoms with Crippen molar-refractivity contribution in [3.8, 4) is 0 Å². The average molecular weight is 243 g/mol. The lowest BCUT2D eigenvalue weighted by atomic mass is 10.4. The Labute approximate surface area is 96.9 Å². The predicted octanol–water partition coefficient (Wildman–Crippen LogP) is 0.133. The summed E-state index contributed by atoms with van der Waals surface area (Å²) in [7, 11) is 3.45. The van der Waals surface area contributed by atoms with Crippen LogP contribution in [0.1, 0.15) is 20.3 Å². The second-order valence-electron chi connectivity index (χ2n) is 3.17. The fourth-order valence-electron chi connectivity index (χ4n) is 1.01. The molecule has 16 heavy (non-hydrogen) atoms. The van der Waals surface area contributed by atoms with E-state index in [1.807, 2.05) is 0 Å². The molecule has 88 valence electrons. The molecule has 0 saturated heterocycles. The maximum absolute atomic E-state index is 11.7. The largest absolute Gasteiger partial charge is 0.476 e. The Morgan fingerprint density at radius 3 is 2.81 bits per heavy atom. The van der Waals surface area contributed by atoms with Crippen molar-refractivity contribution in [3.63, 3.8) is 0 Å². The topological polar surface area (TPSA) is 82.5 Å². The number of carbonyl (C=O) groups is 2. The molecule has 0 bridgehead atoms. The van der Waals surface area contributed by atoms with E-state index in [1.54, 1.807) is 14.1 Å². The highest BCUT2D eigenvalue weighted by Gasteiger charge is 2.17. The van der Waals surface area contributed by atoms with E-state index in [2.05, 4.69) is 10.3 Å². The van der Waals surface area contributed by atoms with Crippen molar-refractivity contribution in [3.05, 3.63) is 16.1 Å². The van der Waals surface area contributed by atoms with E-state index >= 15 is 0 Å². The molecule has 1 aromatic rings. The second kappa shape index (κ2) is 5.57. The summed E-state index contributed by atoms with van der Waals surface area (Å²) in [5.41, 5.74) is -0.0876. The van der Waals surface area contributed by atoms with Crippen LogP contribution in [0.15, 0.2) is 5.38 Å². The van der Waals surface area contributed by atoms with Crippen LogP contribution in [0.2, 0.25) is 0 Å². The van der Waals surface area contributed by atoms with Crippen LogP contribution in [0.3, 0.4) is 0 Å². The number of thiazole rings is 1. The van der Waals surface area contributed by atoms with Crippen LogP contribution in [0.25, 0.3) is 0 Å². The Morgan fingerprint density at radius 1 is 1.62 bits per heavy atom. The number of carboxylic acids is 1. The molecule has 0 fully saturated rings. The number of hydrogen-bond acceptors (Lipinski definition) is 5. The molecule has 0 aliphatic heterocycles. The third-order valence-corrected chi connectivity index (χ3v) is 2.78. The molecule has 0 unspecified atom stereocenters. The van der Waals surface area contributed by atoms with E-state index in [4.69, 9.17) is 5.11 Å². The number of rotatable bonds is 5. The van der Waals surface area contributed by atoms with Crippen LogP contribution in [-0.4, -0.2) is 54.1 Å². The van der Waals surface area contributed by atoms with Crippen molar-refractivity contribution in [1.29, 1.82) is 0 Å². The lowest BCUT2D eigenvalue weighted by Crippen LogP contribution is -2.32. The number of nitrogens with zero attached hydrogens (tertiary/aromatic N) is 2. The Hall–Kier alpha value is -1.47. The van der Waals surface area contributed by atoms with E-state index in [1.165, 1.54) is 10.3 Å². The quantitative estimate of drug-likeness (QED) is 0.768.